The van der Waals surface area contributed by atoms with E-state index in [-0.39, 0.29) is 23.8 Å². The fraction of sp³-hybridized carbons (Fsp3) is 0.333. The Morgan fingerprint density at radius 3 is 2.37 bits per heavy atom. The maximum Gasteiger partial charge on any atom is 0.332 e. The number of fused-ring (bicyclic) bond motifs is 1. The largest absolute Gasteiger partial charge is 0.480 e. The SMILES string of the molecule is CC(N)Cc1ccccc1.Cn1c(=O)c2c(ncn2CC(=O)O)n(C)c1=O. The molecule has 0 aliphatic carbocycles. The molecule has 3 rings (SSSR count). The number of aryl methyl sites for hydroxylation is 1. The first kappa shape index (κ1) is 20.1. The van der Waals surface area contributed by atoms with Gasteiger partial charge in [0.15, 0.2) is 11.2 Å². The van der Waals surface area contributed by atoms with Gasteiger partial charge in [-0.2, -0.15) is 0 Å². The number of nitrogens with two attached hydrogens (primary N) is 1. The summed E-state index contributed by atoms with van der Waals surface area (Å²) in [5.41, 5.74) is 6.18. The second-order valence-electron chi connectivity index (χ2n) is 6.31. The molecule has 9 heteroatoms. The highest BCUT2D eigenvalue weighted by Crippen LogP contribution is 2.04. The maximum absolute atomic E-state index is 11.9. The van der Waals surface area contributed by atoms with Crippen LogP contribution >= 0.6 is 0 Å². The molecule has 1 aromatic carbocycles. The number of carboxylic acid groups (broad SMARTS) is 1. The number of carboxylic acids is 1. The van der Waals surface area contributed by atoms with E-state index in [9.17, 15) is 14.4 Å². The van der Waals surface area contributed by atoms with Crippen molar-refractivity contribution in [3.8, 4) is 0 Å². The molecule has 0 spiro atoms. The molecule has 2 heterocycles. The molecule has 0 aliphatic heterocycles. The summed E-state index contributed by atoms with van der Waals surface area (Å²) in [4.78, 5) is 38.0. The molecule has 0 fully saturated rings. The molecule has 0 saturated carbocycles. The molecular weight excluding hydrogens is 350 g/mol. The van der Waals surface area contributed by atoms with Crippen LogP contribution in [-0.4, -0.2) is 35.8 Å². The lowest BCUT2D eigenvalue weighted by molar-refractivity contribution is -0.137. The number of aromatic nitrogens is 4. The Balaban J connectivity index is 0.000000223. The number of imidazole rings is 1. The van der Waals surface area contributed by atoms with Gasteiger partial charge in [-0.15, -0.1) is 0 Å². The number of nitrogens with zero attached hydrogens (tertiary/aromatic N) is 4. The average molecular weight is 373 g/mol. The summed E-state index contributed by atoms with van der Waals surface area (Å²) in [5.74, 6) is -1.08. The Bertz CT molecular complexity index is 1050. The van der Waals surface area contributed by atoms with Gasteiger partial charge in [0.25, 0.3) is 5.56 Å². The van der Waals surface area contributed by atoms with Gasteiger partial charge < -0.3 is 15.4 Å². The Morgan fingerprint density at radius 1 is 1.19 bits per heavy atom. The normalized spacial score (nSPS) is 11.7. The van der Waals surface area contributed by atoms with Crippen LogP contribution in [0.4, 0.5) is 0 Å². The first-order valence-electron chi connectivity index (χ1n) is 8.34. The summed E-state index contributed by atoms with van der Waals surface area (Å²) < 4.78 is 3.33. The lowest BCUT2D eigenvalue weighted by Crippen LogP contribution is -2.37. The zero-order valence-corrected chi connectivity index (χ0v) is 15.5. The smallest absolute Gasteiger partial charge is 0.332 e. The van der Waals surface area contributed by atoms with E-state index in [2.05, 4.69) is 17.1 Å². The molecular formula is C18H23N5O4. The molecule has 0 amide bonds. The van der Waals surface area contributed by atoms with Gasteiger partial charge in [-0.3, -0.25) is 18.7 Å². The van der Waals surface area contributed by atoms with E-state index in [0.29, 0.717) is 0 Å². The zero-order chi connectivity index (χ0) is 20.1. The van der Waals surface area contributed by atoms with Crippen molar-refractivity contribution in [1.29, 1.82) is 0 Å². The van der Waals surface area contributed by atoms with Gasteiger partial charge in [0.1, 0.15) is 6.54 Å². The number of aliphatic carboxylic acids is 1. The number of hydrogen-bond donors (Lipinski definition) is 2. The van der Waals surface area contributed by atoms with Crippen LogP contribution in [0.3, 0.4) is 0 Å². The third kappa shape index (κ3) is 4.70. The Morgan fingerprint density at radius 2 is 1.81 bits per heavy atom. The Kier molecular flexibility index (Phi) is 6.30. The summed E-state index contributed by atoms with van der Waals surface area (Å²) in [5, 5.41) is 8.70. The first-order chi connectivity index (χ1) is 12.7. The van der Waals surface area contributed by atoms with Crippen LogP contribution in [0.15, 0.2) is 46.2 Å². The zero-order valence-electron chi connectivity index (χ0n) is 15.5. The minimum absolute atomic E-state index is 0.108. The highest BCUT2D eigenvalue weighted by atomic mass is 16.4. The van der Waals surface area contributed by atoms with Crippen molar-refractivity contribution in [3.63, 3.8) is 0 Å². The second kappa shape index (κ2) is 8.45. The molecule has 3 aromatic rings. The van der Waals surface area contributed by atoms with Crippen LogP contribution in [0.2, 0.25) is 0 Å². The van der Waals surface area contributed by atoms with E-state index >= 15 is 0 Å². The van der Waals surface area contributed by atoms with Crippen LogP contribution in [0, 0.1) is 0 Å². The second-order valence-corrected chi connectivity index (χ2v) is 6.31. The number of hydrogen-bond acceptors (Lipinski definition) is 5. The molecule has 0 bridgehead atoms. The molecule has 9 nitrogen and oxygen atoms in total. The molecule has 27 heavy (non-hydrogen) atoms. The van der Waals surface area contributed by atoms with Crippen LogP contribution in [-0.2, 0) is 31.9 Å². The Labute approximate surface area is 155 Å². The third-order valence-corrected chi connectivity index (χ3v) is 3.92. The van der Waals surface area contributed by atoms with E-state index in [1.807, 2.05) is 25.1 Å². The lowest BCUT2D eigenvalue weighted by atomic mass is 10.1. The van der Waals surface area contributed by atoms with E-state index in [1.54, 1.807) is 0 Å². The van der Waals surface area contributed by atoms with Crippen molar-refractivity contribution in [2.75, 3.05) is 0 Å². The lowest BCUT2D eigenvalue weighted by Gasteiger charge is -2.04. The monoisotopic (exact) mass is 373 g/mol. The summed E-state index contributed by atoms with van der Waals surface area (Å²) in [7, 11) is 2.81. The summed E-state index contributed by atoms with van der Waals surface area (Å²) in [6, 6.07) is 10.6. The van der Waals surface area contributed by atoms with E-state index in [4.69, 9.17) is 10.8 Å². The predicted octanol–water partition coefficient (Wildman–Crippen LogP) is 0.0946. The quantitative estimate of drug-likeness (QED) is 0.668. The van der Waals surface area contributed by atoms with Crippen molar-refractivity contribution in [2.45, 2.75) is 25.9 Å². The van der Waals surface area contributed by atoms with Gasteiger partial charge in [-0.05, 0) is 18.9 Å². The van der Waals surface area contributed by atoms with E-state index < -0.39 is 17.2 Å². The van der Waals surface area contributed by atoms with Gasteiger partial charge >= 0.3 is 11.7 Å². The van der Waals surface area contributed by atoms with Crippen molar-refractivity contribution < 1.29 is 9.90 Å². The standard InChI is InChI=1S/C9H10N4O4.C9H13N/c1-11-7-6(8(16)12(2)9(11)17)13(4-10-7)3-5(14)15;1-8(10)7-9-5-3-2-4-6-9/h4H,3H2,1-2H3,(H,14,15);2-6,8H,7,10H2,1H3. The van der Waals surface area contributed by atoms with Gasteiger partial charge in [0.2, 0.25) is 0 Å². The minimum Gasteiger partial charge on any atom is -0.480 e. The van der Waals surface area contributed by atoms with Crippen molar-refractivity contribution in [1.82, 2.24) is 18.7 Å². The Hall–Kier alpha value is -3.20. The highest BCUT2D eigenvalue weighted by molar-refractivity contribution is 5.74. The summed E-state index contributed by atoms with van der Waals surface area (Å²) >= 11 is 0. The van der Waals surface area contributed by atoms with Gasteiger partial charge in [-0.1, -0.05) is 30.3 Å². The molecule has 0 aliphatic rings. The minimum atomic E-state index is -1.08. The van der Waals surface area contributed by atoms with Crippen LogP contribution < -0.4 is 17.0 Å². The van der Waals surface area contributed by atoms with Crippen LogP contribution in [0.25, 0.3) is 11.2 Å². The molecule has 0 saturated heterocycles. The van der Waals surface area contributed by atoms with Crippen molar-refractivity contribution in [2.24, 2.45) is 19.8 Å². The van der Waals surface area contributed by atoms with Crippen molar-refractivity contribution >= 4 is 17.1 Å². The average Bonchev–Trinajstić information content (AvgIpc) is 3.02. The molecule has 144 valence electrons. The van der Waals surface area contributed by atoms with Crippen LogP contribution in [0.1, 0.15) is 12.5 Å². The summed E-state index contributed by atoms with van der Waals surface area (Å²) in [6.45, 7) is 1.65. The maximum atomic E-state index is 11.9. The topological polar surface area (TPSA) is 125 Å². The third-order valence-electron chi connectivity index (χ3n) is 3.92. The van der Waals surface area contributed by atoms with Gasteiger partial charge in [0.05, 0.1) is 6.33 Å². The van der Waals surface area contributed by atoms with Crippen LogP contribution in [0.5, 0.6) is 0 Å². The van der Waals surface area contributed by atoms with E-state index in [1.165, 1.54) is 35.1 Å². The fourth-order valence-electron chi connectivity index (χ4n) is 2.65. The molecule has 0 radical (unpaired) electrons. The fourth-order valence-corrected chi connectivity index (χ4v) is 2.65. The predicted molar refractivity (Wildman–Crippen MR) is 102 cm³/mol. The van der Waals surface area contributed by atoms with E-state index in [0.717, 1.165) is 11.0 Å². The van der Waals surface area contributed by atoms with Crippen molar-refractivity contribution in [3.05, 3.63) is 63.1 Å². The highest BCUT2D eigenvalue weighted by Gasteiger charge is 2.15. The molecule has 1 unspecified atom stereocenters. The van der Waals surface area contributed by atoms with Gasteiger partial charge in [0, 0.05) is 20.1 Å². The molecule has 3 N–H and O–H groups in total. The summed E-state index contributed by atoms with van der Waals surface area (Å²) in [6.07, 6.45) is 2.21. The number of rotatable bonds is 4. The molecule has 2 aromatic heterocycles. The molecule has 1 atom stereocenters. The van der Waals surface area contributed by atoms with Gasteiger partial charge in [-0.25, -0.2) is 9.78 Å². The number of benzene rings is 1. The number of carbonyl (C=O) groups is 1. The first-order valence-corrected chi connectivity index (χ1v) is 8.34.